The van der Waals surface area contributed by atoms with Gasteiger partial charge in [0.2, 0.25) is 0 Å². The Balaban J connectivity index is 1.81. The Morgan fingerprint density at radius 1 is 1.15 bits per heavy atom. The van der Waals surface area contributed by atoms with Gasteiger partial charge >= 0.3 is 0 Å². The molecule has 26 heavy (non-hydrogen) atoms. The maximum absolute atomic E-state index is 5.97. The second kappa shape index (κ2) is 6.94. The van der Waals surface area contributed by atoms with Gasteiger partial charge < -0.3 is 14.3 Å². The highest BCUT2D eigenvalue weighted by Gasteiger charge is 2.16. The number of nitrogens with zero attached hydrogens (tertiary/aromatic N) is 3. The number of aromatic nitrogens is 4. The number of aromatic amines is 1. The van der Waals surface area contributed by atoms with Crippen LogP contribution in [0.25, 0.3) is 33.9 Å². The van der Waals surface area contributed by atoms with Gasteiger partial charge in [0.15, 0.2) is 5.82 Å². The number of aryl methyl sites for hydroxylation is 1. The standard InChI is InChI=1S/C20H19ClN4O/c1-13-4-3-5-16-18(13)25(10-11-26-2)20(24-16)17-12-22-19(23-17)14-6-8-15(21)9-7-14/h3-9,12H,10-11H2,1-2H3,(H,22,23). The molecule has 0 unspecified atom stereocenters. The van der Waals surface area contributed by atoms with Crippen molar-refractivity contribution in [3.8, 4) is 22.9 Å². The number of rotatable bonds is 5. The number of imidazole rings is 2. The Morgan fingerprint density at radius 3 is 2.73 bits per heavy atom. The normalized spacial score (nSPS) is 11.3. The molecule has 0 radical (unpaired) electrons. The van der Waals surface area contributed by atoms with Crippen molar-refractivity contribution in [1.82, 2.24) is 19.5 Å². The first kappa shape index (κ1) is 16.8. The summed E-state index contributed by atoms with van der Waals surface area (Å²) < 4.78 is 7.48. The predicted octanol–water partition coefficient (Wildman–Crippen LogP) is 4.70. The molecule has 1 N–H and O–H groups in total. The van der Waals surface area contributed by atoms with E-state index in [9.17, 15) is 0 Å². The zero-order valence-corrected chi connectivity index (χ0v) is 15.4. The molecule has 6 heteroatoms. The van der Waals surface area contributed by atoms with E-state index in [4.69, 9.17) is 21.3 Å². The van der Waals surface area contributed by atoms with Gasteiger partial charge in [-0.2, -0.15) is 0 Å². The molecule has 0 aliphatic carbocycles. The summed E-state index contributed by atoms with van der Waals surface area (Å²) in [6.07, 6.45) is 1.82. The average Bonchev–Trinajstić information content (AvgIpc) is 3.26. The number of H-pyrrole nitrogens is 1. The molecule has 2 aromatic carbocycles. The van der Waals surface area contributed by atoms with Crippen LogP contribution in [0, 0.1) is 6.92 Å². The molecular weight excluding hydrogens is 348 g/mol. The number of benzene rings is 2. The lowest BCUT2D eigenvalue weighted by Gasteiger charge is -2.09. The van der Waals surface area contributed by atoms with Crippen LogP contribution in [0.4, 0.5) is 0 Å². The van der Waals surface area contributed by atoms with E-state index in [0.29, 0.717) is 11.6 Å². The maximum atomic E-state index is 5.97. The fraction of sp³-hybridized carbons (Fsp3) is 0.200. The Hall–Kier alpha value is -2.63. The van der Waals surface area contributed by atoms with E-state index in [1.165, 1.54) is 5.56 Å². The lowest BCUT2D eigenvalue weighted by molar-refractivity contribution is 0.188. The highest BCUT2D eigenvalue weighted by atomic mass is 35.5. The third-order valence-electron chi connectivity index (χ3n) is 4.42. The molecule has 0 aliphatic rings. The molecule has 0 fully saturated rings. The number of ether oxygens (including phenoxy) is 1. The minimum Gasteiger partial charge on any atom is -0.383 e. The lowest BCUT2D eigenvalue weighted by Crippen LogP contribution is -2.06. The van der Waals surface area contributed by atoms with Crippen LogP contribution in [0.15, 0.2) is 48.7 Å². The van der Waals surface area contributed by atoms with Crippen molar-refractivity contribution in [2.24, 2.45) is 0 Å². The second-order valence-corrected chi connectivity index (χ2v) is 6.61. The highest BCUT2D eigenvalue weighted by Crippen LogP contribution is 2.28. The van der Waals surface area contributed by atoms with Crippen molar-refractivity contribution < 1.29 is 4.74 Å². The van der Waals surface area contributed by atoms with Crippen LogP contribution in [0.5, 0.6) is 0 Å². The molecule has 4 aromatic rings. The third-order valence-corrected chi connectivity index (χ3v) is 4.67. The third kappa shape index (κ3) is 3.00. The van der Waals surface area contributed by atoms with Crippen LogP contribution in [0.2, 0.25) is 5.02 Å². The molecule has 132 valence electrons. The van der Waals surface area contributed by atoms with Crippen LogP contribution >= 0.6 is 11.6 Å². The van der Waals surface area contributed by atoms with Crippen LogP contribution < -0.4 is 0 Å². The molecule has 0 aliphatic heterocycles. The van der Waals surface area contributed by atoms with Gasteiger partial charge in [0.25, 0.3) is 0 Å². The number of nitrogens with one attached hydrogen (secondary N) is 1. The van der Waals surface area contributed by atoms with Gasteiger partial charge in [0.1, 0.15) is 11.5 Å². The number of para-hydroxylation sites is 1. The van der Waals surface area contributed by atoms with Gasteiger partial charge in [0, 0.05) is 24.2 Å². The summed E-state index contributed by atoms with van der Waals surface area (Å²) in [4.78, 5) is 12.7. The van der Waals surface area contributed by atoms with Gasteiger partial charge in [-0.15, -0.1) is 0 Å². The zero-order valence-electron chi connectivity index (χ0n) is 14.7. The summed E-state index contributed by atoms with van der Waals surface area (Å²) in [6.45, 7) is 3.44. The minimum atomic E-state index is 0.616. The molecule has 2 heterocycles. The second-order valence-electron chi connectivity index (χ2n) is 6.17. The van der Waals surface area contributed by atoms with Crippen LogP contribution in [0.1, 0.15) is 5.56 Å². The topological polar surface area (TPSA) is 55.7 Å². The first-order chi connectivity index (χ1) is 12.7. The van der Waals surface area contributed by atoms with Gasteiger partial charge in [-0.05, 0) is 42.8 Å². The molecule has 0 spiro atoms. The van der Waals surface area contributed by atoms with E-state index in [-0.39, 0.29) is 0 Å². The number of fused-ring (bicyclic) bond motifs is 1. The van der Waals surface area contributed by atoms with E-state index in [1.54, 1.807) is 7.11 Å². The molecule has 0 bridgehead atoms. The summed E-state index contributed by atoms with van der Waals surface area (Å²) in [7, 11) is 1.71. The molecule has 5 nitrogen and oxygen atoms in total. The van der Waals surface area contributed by atoms with E-state index < -0.39 is 0 Å². The summed E-state index contributed by atoms with van der Waals surface area (Å²) in [5, 5.41) is 0.706. The molecule has 0 atom stereocenters. The van der Waals surface area contributed by atoms with Crippen molar-refractivity contribution in [3.05, 3.63) is 59.2 Å². The summed E-state index contributed by atoms with van der Waals surface area (Å²) in [6, 6.07) is 13.8. The maximum Gasteiger partial charge on any atom is 0.159 e. The molecule has 0 amide bonds. The lowest BCUT2D eigenvalue weighted by atomic mass is 10.2. The first-order valence-electron chi connectivity index (χ1n) is 8.43. The Labute approximate surface area is 156 Å². The van der Waals surface area contributed by atoms with Gasteiger partial charge in [-0.25, -0.2) is 9.97 Å². The van der Waals surface area contributed by atoms with E-state index in [0.717, 1.165) is 40.5 Å². The average molecular weight is 367 g/mol. The van der Waals surface area contributed by atoms with Crippen molar-refractivity contribution in [2.45, 2.75) is 13.5 Å². The fourth-order valence-electron chi connectivity index (χ4n) is 3.16. The highest BCUT2D eigenvalue weighted by molar-refractivity contribution is 6.30. The quantitative estimate of drug-likeness (QED) is 0.557. The molecule has 0 saturated heterocycles. The number of hydrogen-bond acceptors (Lipinski definition) is 3. The van der Waals surface area contributed by atoms with E-state index >= 15 is 0 Å². The fourth-order valence-corrected chi connectivity index (χ4v) is 3.29. The molecule has 2 aromatic heterocycles. The van der Waals surface area contributed by atoms with Crippen LogP contribution in [-0.2, 0) is 11.3 Å². The smallest absolute Gasteiger partial charge is 0.159 e. The predicted molar refractivity (Wildman–Crippen MR) is 104 cm³/mol. The zero-order chi connectivity index (χ0) is 18.1. The minimum absolute atomic E-state index is 0.616. The van der Waals surface area contributed by atoms with Crippen molar-refractivity contribution in [1.29, 1.82) is 0 Å². The summed E-state index contributed by atoms with van der Waals surface area (Å²) in [5.74, 6) is 1.65. The monoisotopic (exact) mass is 366 g/mol. The summed E-state index contributed by atoms with van der Waals surface area (Å²) >= 11 is 5.97. The molecule has 4 rings (SSSR count). The summed E-state index contributed by atoms with van der Waals surface area (Å²) in [5.41, 5.74) is 5.15. The largest absolute Gasteiger partial charge is 0.383 e. The Morgan fingerprint density at radius 2 is 1.96 bits per heavy atom. The molecule has 0 saturated carbocycles. The number of halogens is 1. The number of methoxy groups -OCH3 is 1. The van der Waals surface area contributed by atoms with Crippen molar-refractivity contribution in [3.63, 3.8) is 0 Å². The van der Waals surface area contributed by atoms with Crippen molar-refractivity contribution in [2.75, 3.05) is 13.7 Å². The van der Waals surface area contributed by atoms with Gasteiger partial charge in [-0.3, -0.25) is 0 Å². The van der Waals surface area contributed by atoms with Gasteiger partial charge in [0.05, 0.1) is 23.8 Å². The molecular formula is C20H19ClN4O. The van der Waals surface area contributed by atoms with Gasteiger partial charge in [-0.1, -0.05) is 23.7 Å². The Bertz CT molecular complexity index is 1050. The van der Waals surface area contributed by atoms with E-state index in [2.05, 4.69) is 27.5 Å². The first-order valence-corrected chi connectivity index (χ1v) is 8.81. The number of hydrogen-bond donors (Lipinski definition) is 1. The van der Waals surface area contributed by atoms with E-state index in [1.807, 2.05) is 42.6 Å². The van der Waals surface area contributed by atoms with Crippen LogP contribution in [-0.4, -0.2) is 33.2 Å². The van der Waals surface area contributed by atoms with Crippen molar-refractivity contribution >= 4 is 22.6 Å². The Kier molecular flexibility index (Phi) is 4.49. The SMILES string of the molecule is COCCn1c(-c2cnc(-c3ccc(Cl)cc3)[nH]2)nc2cccc(C)c21. The van der Waals surface area contributed by atoms with Crippen LogP contribution in [0.3, 0.4) is 0 Å².